The van der Waals surface area contributed by atoms with E-state index in [1.54, 1.807) is 0 Å². The zero-order chi connectivity index (χ0) is 41.6. The van der Waals surface area contributed by atoms with Gasteiger partial charge in [0.05, 0.1) is 0 Å². The maximum Gasteiger partial charge on any atom is 0.243 e. The number of rotatable bonds is 6. The van der Waals surface area contributed by atoms with Crippen molar-refractivity contribution in [1.29, 1.82) is 0 Å². The van der Waals surface area contributed by atoms with Gasteiger partial charge in [0.2, 0.25) is 6.71 Å². The van der Waals surface area contributed by atoms with Crippen LogP contribution in [-0.4, -0.2) is 6.71 Å². The summed E-state index contributed by atoms with van der Waals surface area (Å²) >= 11 is 0. The molecule has 62 heavy (non-hydrogen) atoms. The minimum absolute atomic E-state index is 0.0491. The van der Waals surface area contributed by atoms with E-state index in [1.807, 2.05) is 12.1 Å². The Morgan fingerprint density at radius 3 is 1.69 bits per heavy atom. The highest BCUT2D eigenvalue weighted by Crippen LogP contribution is 2.51. The predicted molar refractivity (Wildman–Crippen MR) is 263 cm³/mol. The molecule has 0 aliphatic carbocycles. The van der Waals surface area contributed by atoms with Crippen LogP contribution in [0.3, 0.4) is 0 Å². The third-order valence-electron chi connectivity index (χ3n) is 13.3. The van der Waals surface area contributed by atoms with Gasteiger partial charge in [-0.3, -0.25) is 0 Å². The number of anilines is 3. The Kier molecular flexibility index (Phi) is 8.20. The van der Waals surface area contributed by atoms with Gasteiger partial charge < -0.3 is 14.1 Å². The van der Waals surface area contributed by atoms with Crippen LogP contribution < -0.4 is 26.0 Å². The lowest BCUT2D eigenvalue weighted by atomic mass is 9.33. The van der Waals surface area contributed by atoms with E-state index in [4.69, 9.17) is 9.15 Å². The first-order valence-corrected chi connectivity index (χ1v) is 21.5. The van der Waals surface area contributed by atoms with Crippen molar-refractivity contribution in [1.82, 2.24) is 0 Å². The van der Waals surface area contributed by atoms with Crippen LogP contribution in [0.2, 0.25) is 0 Å². The van der Waals surface area contributed by atoms with Gasteiger partial charge in [-0.15, -0.1) is 0 Å². The monoisotopic (exact) mass is 795 g/mol. The second-order valence-corrected chi connectivity index (χ2v) is 17.0. The predicted octanol–water partition coefficient (Wildman–Crippen LogP) is 14.0. The molecular weight excluding hydrogens is 753 g/mol. The molecule has 12 rings (SSSR count). The number of ether oxygens (including phenoxy) is 1. The van der Waals surface area contributed by atoms with Crippen LogP contribution in [0.5, 0.6) is 11.5 Å². The van der Waals surface area contributed by atoms with E-state index in [0.717, 1.165) is 61.4 Å². The summed E-state index contributed by atoms with van der Waals surface area (Å²) in [6, 6.07) is 65.9. The fourth-order valence-corrected chi connectivity index (χ4v) is 10.6. The van der Waals surface area contributed by atoms with Crippen LogP contribution in [0.25, 0.3) is 65.4 Å². The average molecular weight is 796 g/mol. The molecule has 0 unspecified atom stereocenters. The van der Waals surface area contributed by atoms with Gasteiger partial charge in [0.1, 0.15) is 22.7 Å². The molecule has 2 heterocycles. The Morgan fingerprint density at radius 1 is 0.371 bits per heavy atom. The van der Waals surface area contributed by atoms with Gasteiger partial charge in [0, 0.05) is 50.9 Å². The highest BCUT2D eigenvalue weighted by Gasteiger charge is 2.31. The van der Waals surface area contributed by atoms with Crippen LogP contribution in [0.1, 0.15) is 22.3 Å². The molecule has 11 aromatic rings. The van der Waals surface area contributed by atoms with Gasteiger partial charge >= 0.3 is 0 Å². The molecule has 3 nitrogen and oxygen atoms in total. The van der Waals surface area contributed by atoms with E-state index < -0.39 is 0 Å². The van der Waals surface area contributed by atoms with Gasteiger partial charge in [0.15, 0.2) is 0 Å². The highest BCUT2D eigenvalue weighted by molar-refractivity contribution is 6.98. The number of hydrogen-bond acceptors (Lipinski definition) is 3. The molecule has 0 saturated heterocycles. The van der Waals surface area contributed by atoms with Gasteiger partial charge in [0.25, 0.3) is 0 Å². The minimum atomic E-state index is 0.0491. The minimum Gasteiger partial charge on any atom is -0.456 e. The first-order chi connectivity index (χ1) is 30.4. The summed E-state index contributed by atoms with van der Waals surface area (Å²) in [5.41, 5.74) is 16.4. The van der Waals surface area contributed by atoms with Gasteiger partial charge in [-0.1, -0.05) is 154 Å². The molecule has 0 spiro atoms. The topological polar surface area (TPSA) is 25.6 Å². The van der Waals surface area contributed by atoms with Crippen molar-refractivity contribution in [3.63, 3.8) is 0 Å². The van der Waals surface area contributed by atoms with E-state index >= 15 is 0 Å². The van der Waals surface area contributed by atoms with Gasteiger partial charge in [-0.05, 0) is 115 Å². The molecule has 0 radical (unpaired) electrons. The molecule has 4 heteroatoms. The summed E-state index contributed by atoms with van der Waals surface area (Å²) < 4.78 is 13.4. The van der Waals surface area contributed by atoms with Crippen LogP contribution in [0.4, 0.5) is 17.1 Å². The Labute approximate surface area is 361 Å². The average Bonchev–Trinajstić information content (AvgIpc) is 3.67. The SMILES string of the molecule is Cc1cccc(C)c1B(c1c(C)cccc1C)c1cc2c3cccc4c3c(cc2c2ccccc12)-c1ccc(N(c2ccccc2)c2ccc3c(c2)oc2ccccc23)cc1O4. The number of fused-ring (bicyclic) bond motifs is 9. The summed E-state index contributed by atoms with van der Waals surface area (Å²) in [5.74, 6) is 1.70. The Hall–Kier alpha value is -7.56. The van der Waals surface area contributed by atoms with Crippen molar-refractivity contribution in [3.8, 4) is 22.6 Å². The third-order valence-corrected chi connectivity index (χ3v) is 13.3. The van der Waals surface area contributed by atoms with Crippen LogP contribution >= 0.6 is 0 Å². The summed E-state index contributed by atoms with van der Waals surface area (Å²) in [4.78, 5) is 2.28. The van der Waals surface area contributed by atoms with E-state index in [1.165, 1.54) is 71.1 Å². The van der Waals surface area contributed by atoms with Crippen molar-refractivity contribution in [2.45, 2.75) is 27.7 Å². The molecule has 0 N–H and O–H groups in total. The highest BCUT2D eigenvalue weighted by atomic mass is 16.5. The molecule has 0 atom stereocenters. The maximum absolute atomic E-state index is 6.99. The largest absolute Gasteiger partial charge is 0.456 e. The summed E-state index contributed by atoms with van der Waals surface area (Å²) in [6.45, 7) is 9.12. The third kappa shape index (κ3) is 5.53. The van der Waals surface area contributed by atoms with Gasteiger partial charge in [-0.25, -0.2) is 0 Å². The number of benzene rings is 10. The van der Waals surface area contributed by atoms with E-state index in [0.29, 0.717) is 0 Å². The number of aryl methyl sites for hydroxylation is 4. The molecule has 1 aliphatic rings. The van der Waals surface area contributed by atoms with Crippen molar-refractivity contribution in [2.24, 2.45) is 0 Å². The number of nitrogens with zero attached hydrogens (tertiary/aromatic N) is 1. The standard InChI is InChI=1S/C58H42BNO2/c1-35-15-12-16-36(2)57(35)59(58-37(3)17-13-18-38(58)4)51-34-49-47-24-14-26-53-56(47)50(33-48(49)42-21-8-9-22-43(42)51)46-30-28-41(32-55(46)62-53)60(39-19-6-5-7-20-39)40-27-29-45-44-23-10-11-25-52(44)61-54(45)31-40/h5-34H,1-4H3. The normalized spacial score (nSPS) is 12.0. The van der Waals surface area contributed by atoms with Crippen molar-refractivity contribution in [3.05, 3.63) is 204 Å². The summed E-state index contributed by atoms with van der Waals surface area (Å²) in [7, 11) is 0. The Bertz CT molecular complexity index is 3530. The van der Waals surface area contributed by atoms with Gasteiger partial charge in [-0.2, -0.15) is 0 Å². The lowest BCUT2D eigenvalue weighted by molar-refractivity contribution is 0.487. The molecular formula is C58H42BNO2. The maximum atomic E-state index is 6.99. The Morgan fingerprint density at radius 2 is 0.952 bits per heavy atom. The van der Waals surface area contributed by atoms with Crippen molar-refractivity contribution < 1.29 is 9.15 Å². The zero-order valence-corrected chi connectivity index (χ0v) is 35.2. The molecule has 1 aromatic heterocycles. The van der Waals surface area contributed by atoms with E-state index in [-0.39, 0.29) is 6.71 Å². The molecule has 0 fully saturated rings. The number of hydrogen-bond donors (Lipinski definition) is 0. The quantitative estimate of drug-likeness (QED) is 0.124. The van der Waals surface area contributed by atoms with Crippen molar-refractivity contribution >= 4 is 94.4 Å². The fraction of sp³-hybridized carbons (Fsp3) is 0.0690. The number of para-hydroxylation sites is 2. The van der Waals surface area contributed by atoms with Crippen LogP contribution in [0, 0.1) is 27.7 Å². The molecule has 294 valence electrons. The van der Waals surface area contributed by atoms with E-state index in [9.17, 15) is 0 Å². The molecule has 10 aromatic carbocycles. The second kappa shape index (κ2) is 14.0. The molecule has 0 amide bonds. The first-order valence-electron chi connectivity index (χ1n) is 21.5. The first kappa shape index (κ1) is 36.3. The van der Waals surface area contributed by atoms with Crippen LogP contribution in [-0.2, 0) is 0 Å². The summed E-state index contributed by atoms with van der Waals surface area (Å²) in [5, 5.41) is 9.58. The Balaban J connectivity index is 1.07. The van der Waals surface area contributed by atoms with Crippen LogP contribution in [0.15, 0.2) is 186 Å². The fourth-order valence-electron chi connectivity index (χ4n) is 10.6. The molecule has 0 saturated carbocycles. The van der Waals surface area contributed by atoms with E-state index in [2.05, 4.69) is 202 Å². The summed E-state index contributed by atoms with van der Waals surface area (Å²) in [6.07, 6.45) is 0. The lowest BCUT2D eigenvalue weighted by Gasteiger charge is -2.28. The zero-order valence-electron chi connectivity index (χ0n) is 35.2. The van der Waals surface area contributed by atoms with Crippen molar-refractivity contribution in [2.75, 3.05) is 4.90 Å². The molecule has 1 aliphatic heterocycles. The lowest BCUT2D eigenvalue weighted by Crippen LogP contribution is -2.56. The second-order valence-electron chi connectivity index (χ2n) is 17.0. The smallest absolute Gasteiger partial charge is 0.243 e. The number of furan rings is 1. The molecule has 0 bridgehead atoms.